The molecule has 0 saturated carbocycles. The summed E-state index contributed by atoms with van der Waals surface area (Å²) in [5.74, 6) is 0. The van der Waals surface area contributed by atoms with Gasteiger partial charge in [-0.1, -0.05) is 42.5 Å². The van der Waals surface area contributed by atoms with Crippen LogP contribution in [-0.4, -0.2) is 12.7 Å². The molecule has 1 aliphatic heterocycles. The summed E-state index contributed by atoms with van der Waals surface area (Å²) in [4.78, 5) is 4.04. The molecule has 26 heavy (non-hydrogen) atoms. The smallest absolute Gasteiger partial charge is 0.159 e. The van der Waals surface area contributed by atoms with Crippen molar-refractivity contribution in [1.82, 2.24) is 0 Å². The van der Waals surface area contributed by atoms with Gasteiger partial charge in [-0.25, -0.2) is 0 Å². The van der Waals surface area contributed by atoms with Gasteiger partial charge in [0.2, 0.25) is 0 Å². The summed E-state index contributed by atoms with van der Waals surface area (Å²) in [5, 5.41) is 2.18. The first kappa shape index (κ1) is 13.3. The number of hydrogen-bond donors (Lipinski definition) is 0. The zero-order valence-electron chi connectivity index (χ0n) is 17.2. The first-order chi connectivity index (χ1) is 13.4. The first-order valence-electron chi connectivity index (χ1n) is 9.96. The standard InChI is InChI=1S/C23H22N2O/c1-4-24-16(3)25(20-11-7-6-10-19(20)24)22-15(2)13-14-18-17-9-5-8-12-21(17)26-23(18)22/h5-14,16H,4H2,1-3H3/t16-/m1/s1/i4D2. The lowest BCUT2D eigenvalue weighted by molar-refractivity contribution is 0.655. The van der Waals surface area contributed by atoms with Gasteiger partial charge in [-0.15, -0.1) is 0 Å². The summed E-state index contributed by atoms with van der Waals surface area (Å²) in [6.07, 6.45) is -0.185. The Labute approximate surface area is 156 Å². The third-order valence-corrected chi connectivity index (χ3v) is 5.35. The highest BCUT2D eigenvalue weighted by atomic mass is 16.3. The molecule has 0 bridgehead atoms. The van der Waals surface area contributed by atoms with E-state index in [4.69, 9.17) is 7.16 Å². The minimum absolute atomic E-state index is 0.185. The molecule has 0 spiro atoms. The minimum Gasteiger partial charge on any atom is -0.454 e. The van der Waals surface area contributed by atoms with E-state index in [2.05, 4.69) is 36.1 Å². The summed E-state index contributed by atoms with van der Waals surface area (Å²) in [5.41, 5.74) is 5.72. The fourth-order valence-corrected chi connectivity index (χ4v) is 4.18. The van der Waals surface area contributed by atoms with Crippen LogP contribution in [0.4, 0.5) is 17.1 Å². The van der Waals surface area contributed by atoms with Crippen LogP contribution in [0.5, 0.6) is 0 Å². The summed E-state index contributed by atoms with van der Waals surface area (Å²) in [6, 6.07) is 20.3. The van der Waals surface area contributed by atoms with Gasteiger partial charge in [-0.3, -0.25) is 0 Å². The van der Waals surface area contributed by atoms with Crippen molar-refractivity contribution in [2.75, 3.05) is 16.3 Å². The number of rotatable bonds is 2. The van der Waals surface area contributed by atoms with Gasteiger partial charge in [0.1, 0.15) is 11.7 Å². The molecule has 3 heteroatoms. The largest absolute Gasteiger partial charge is 0.454 e. The van der Waals surface area contributed by atoms with E-state index in [-0.39, 0.29) is 6.17 Å². The van der Waals surface area contributed by atoms with Gasteiger partial charge in [0.05, 0.1) is 17.1 Å². The van der Waals surface area contributed by atoms with Crippen LogP contribution in [-0.2, 0) is 0 Å². The quantitative estimate of drug-likeness (QED) is 0.430. The van der Waals surface area contributed by atoms with Crippen LogP contribution in [0.3, 0.4) is 0 Å². The second kappa shape index (κ2) is 5.53. The molecule has 0 saturated heterocycles. The van der Waals surface area contributed by atoms with E-state index in [1.807, 2.05) is 48.2 Å². The van der Waals surface area contributed by atoms with Crippen LogP contribution in [0, 0.1) is 6.92 Å². The van der Waals surface area contributed by atoms with Crippen LogP contribution in [0.2, 0.25) is 0 Å². The number of fused-ring (bicyclic) bond motifs is 4. The van der Waals surface area contributed by atoms with Crippen molar-refractivity contribution in [1.29, 1.82) is 0 Å². The minimum atomic E-state index is -1.49. The van der Waals surface area contributed by atoms with E-state index in [0.717, 1.165) is 44.6 Å². The maximum absolute atomic E-state index is 8.39. The van der Waals surface area contributed by atoms with Crippen molar-refractivity contribution in [2.24, 2.45) is 0 Å². The highest BCUT2D eigenvalue weighted by molar-refractivity contribution is 6.10. The number of para-hydroxylation sites is 3. The summed E-state index contributed by atoms with van der Waals surface area (Å²) in [7, 11) is 0. The average Bonchev–Trinajstić information content (AvgIpc) is 3.16. The number of furan rings is 1. The molecule has 3 nitrogen and oxygen atoms in total. The van der Waals surface area contributed by atoms with Crippen LogP contribution in [0.15, 0.2) is 65.1 Å². The molecule has 130 valence electrons. The molecule has 1 aromatic heterocycles. The molecular formula is C23H22N2O. The van der Waals surface area contributed by atoms with Gasteiger partial charge in [-0.05, 0) is 44.5 Å². The van der Waals surface area contributed by atoms with Gasteiger partial charge in [0, 0.05) is 20.0 Å². The Morgan fingerprint density at radius 2 is 1.69 bits per heavy atom. The maximum atomic E-state index is 8.39. The molecule has 1 atom stereocenters. The van der Waals surface area contributed by atoms with E-state index >= 15 is 0 Å². The zero-order valence-corrected chi connectivity index (χ0v) is 15.2. The highest BCUT2D eigenvalue weighted by Gasteiger charge is 2.35. The van der Waals surface area contributed by atoms with Gasteiger partial charge < -0.3 is 14.2 Å². The molecule has 0 unspecified atom stereocenters. The van der Waals surface area contributed by atoms with Gasteiger partial charge in [0.15, 0.2) is 5.58 Å². The lowest BCUT2D eigenvalue weighted by Gasteiger charge is -2.30. The van der Waals surface area contributed by atoms with E-state index < -0.39 is 6.50 Å². The van der Waals surface area contributed by atoms with Crippen LogP contribution in [0.1, 0.15) is 22.2 Å². The van der Waals surface area contributed by atoms with Gasteiger partial charge >= 0.3 is 0 Å². The van der Waals surface area contributed by atoms with Crippen molar-refractivity contribution in [3.63, 3.8) is 0 Å². The van der Waals surface area contributed by atoms with Crippen molar-refractivity contribution >= 4 is 39.0 Å². The molecule has 0 radical (unpaired) electrons. The summed E-state index contributed by atoms with van der Waals surface area (Å²) < 4.78 is 23.1. The lowest BCUT2D eigenvalue weighted by Crippen LogP contribution is -2.38. The molecule has 3 aromatic carbocycles. The maximum Gasteiger partial charge on any atom is 0.159 e. The predicted octanol–water partition coefficient (Wildman–Crippen LogP) is 6.22. The fraction of sp³-hybridized carbons (Fsp3) is 0.217. The Morgan fingerprint density at radius 3 is 2.50 bits per heavy atom. The SMILES string of the molecule is [2H]C([2H])(C)N1c2ccccc2N(c2c(C)ccc3c2oc2ccccc23)[C@@H]1C. The number of anilines is 3. The zero-order chi connectivity index (χ0) is 19.6. The van der Waals surface area contributed by atoms with E-state index in [0.29, 0.717) is 0 Å². The average molecular weight is 344 g/mol. The molecule has 0 N–H and O–H groups in total. The van der Waals surface area contributed by atoms with Gasteiger partial charge in [0.25, 0.3) is 0 Å². The van der Waals surface area contributed by atoms with E-state index in [1.165, 1.54) is 0 Å². The Bertz CT molecular complexity index is 1210. The Hall–Kier alpha value is -2.94. The third kappa shape index (κ3) is 1.94. The fourth-order valence-electron chi connectivity index (χ4n) is 4.18. The molecular weight excluding hydrogens is 320 g/mol. The Balaban J connectivity index is 1.82. The number of hydrogen-bond acceptors (Lipinski definition) is 3. The summed E-state index contributed by atoms with van der Waals surface area (Å²) in [6.45, 7) is 4.25. The molecule has 5 rings (SSSR count). The molecule has 1 aliphatic rings. The van der Waals surface area contributed by atoms with Crippen LogP contribution in [0.25, 0.3) is 21.9 Å². The second-order valence-corrected chi connectivity index (χ2v) is 6.79. The third-order valence-electron chi connectivity index (χ3n) is 5.35. The van der Waals surface area contributed by atoms with E-state index in [9.17, 15) is 0 Å². The Morgan fingerprint density at radius 1 is 0.962 bits per heavy atom. The number of aryl methyl sites for hydroxylation is 1. The van der Waals surface area contributed by atoms with Crippen molar-refractivity contribution in [3.05, 3.63) is 66.2 Å². The van der Waals surface area contributed by atoms with Crippen LogP contribution >= 0.6 is 0 Å². The second-order valence-electron chi connectivity index (χ2n) is 6.79. The van der Waals surface area contributed by atoms with Crippen LogP contribution < -0.4 is 9.80 Å². The predicted molar refractivity (Wildman–Crippen MR) is 110 cm³/mol. The lowest BCUT2D eigenvalue weighted by atomic mass is 10.1. The normalized spacial score (nSPS) is 18.3. The van der Waals surface area contributed by atoms with E-state index in [1.54, 1.807) is 6.92 Å². The first-order valence-corrected chi connectivity index (χ1v) is 8.96. The highest BCUT2D eigenvalue weighted by Crippen LogP contribution is 2.48. The number of benzene rings is 3. The number of nitrogens with zero attached hydrogens (tertiary/aromatic N) is 2. The topological polar surface area (TPSA) is 19.6 Å². The van der Waals surface area contributed by atoms with Crippen molar-refractivity contribution < 1.29 is 7.16 Å². The Kier molecular flexibility index (Phi) is 2.83. The van der Waals surface area contributed by atoms with Gasteiger partial charge in [-0.2, -0.15) is 0 Å². The molecule has 0 fully saturated rings. The summed E-state index contributed by atoms with van der Waals surface area (Å²) >= 11 is 0. The monoisotopic (exact) mass is 344 g/mol. The molecule has 0 amide bonds. The van der Waals surface area contributed by atoms with Crippen molar-refractivity contribution in [3.8, 4) is 0 Å². The molecule has 0 aliphatic carbocycles. The molecule has 4 aromatic rings. The molecule has 2 heterocycles. The van der Waals surface area contributed by atoms with Crippen molar-refractivity contribution in [2.45, 2.75) is 26.9 Å².